The molecule has 31 heavy (non-hydrogen) atoms. The molecule has 0 atom stereocenters. The summed E-state index contributed by atoms with van der Waals surface area (Å²) in [6.07, 6.45) is 1.44. The number of rotatable bonds is 5. The van der Waals surface area contributed by atoms with Gasteiger partial charge in [0, 0.05) is 23.1 Å². The number of fused-ring (bicyclic) bond motifs is 1. The number of pyridine rings is 1. The summed E-state index contributed by atoms with van der Waals surface area (Å²) in [5.41, 5.74) is 7.07. The van der Waals surface area contributed by atoms with Gasteiger partial charge in [-0.25, -0.2) is 10.4 Å². The van der Waals surface area contributed by atoms with Crippen LogP contribution >= 0.6 is 0 Å². The summed E-state index contributed by atoms with van der Waals surface area (Å²) in [5.74, 6) is -0.369. The number of carbonyl (C=O) groups excluding carboxylic acids is 1. The van der Waals surface area contributed by atoms with Gasteiger partial charge >= 0.3 is 0 Å². The molecule has 7 nitrogen and oxygen atoms in total. The lowest BCUT2D eigenvalue weighted by Crippen LogP contribution is -2.18. The van der Waals surface area contributed by atoms with Gasteiger partial charge in [-0.1, -0.05) is 42.5 Å². The second kappa shape index (κ2) is 8.54. The van der Waals surface area contributed by atoms with E-state index in [1.807, 2.05) is 55.5 Å². The maximum Gasteiger partial charge on any atom is 0.272 e. The molecule has 0 aliphatic carbocycles. The van der Waals surface area contributed by atoms with Crippen LogP contribution in [-0.4, -0.2) is 22.0 Å². The van der Waals surface area contributed by atoms with E-state index in [-0.39, 0.29) is 11.6 Å². The number of nitro benzene ring substituents is 1. The summed E-state index contributed by atoms with van der Waals surface area (Å²) in [5, 5.41) is 15.5. The van der Waals surface area contributed by atoms with Crippen LogP contribution < -0.4 is 5.43 Å². The van der Waals surface area contributed by atoms with Crippen LogP contribution in [0.5, 0.6) is 0 Å². The van der Waals surface area contributed by atoms with Crippen LogP contribution in [0.3, 0.4) is 0 Å². The van der Waals surface area contributed by atoms with Crippen molar-refractivity contribution < 1.29 is 9.72 Å². The molecule has 152 valence electrons. The number of amides is 1. The normalized spacial score (nSPS) is 11.0. The van der Waals surface area contributed by atoms with Gasteiger partial charge in [-0.2, -0.15) is 5.10 Å². The average Bonchev–Trinajstić information content (AvgIpc) is 2.79. The number of para-hydroxylation sites is 1. The van der Waals surface area contributed by atoms with Crippen LogP contribution in [0.2, 0.25) is 0 Å². The molecular weight excluding hydrogens is 392 g/mol. The van der Waals surface area contributed by atoms with Crippen molar-refractivity contribution in [2.24, 2.45) is 5.10 Å². The summed E-state index contributed by atoms with van der Waals surface area (Å²) in [6, 6.07) is 23.0. The van der Waals surface area contributed by atoms with Gasteiger partial charge in [0.1, 0.15) is 0 Å². The minimum Gasteiger partial charge on any atom is -0.267 e. The van der Waals surface area contributed by atoms with Gasteiger partial charge < -0.3 is 0 Å². The third kappa shape index (κ3) is 4.30. The molecule has 0 saturated carbocycles. The first kappa shape index (κ1) is 19.9. The Labute approximate surface area is 178 Å². The highest BCUT2D eigenvalue weighted by molar-refractivity contribution is 6.07. The Morgan fingerprint density at radius 2 is 1.74 bits per heavy atom. The van der Waals surface area contributed by atoms with Crippen LogP contribution in [-0.2, 0) is 0 Å². The van der Waals surface area contributed by atoms with Gasteiger partial charge in [-0.3, -0.25) is 14.9 Å². The zero-order valence-electron chi connectivity index (χ0n) is 16.6. The van der Waals surface area contributed by atoms with Crippen LogP contribution in [0.1, 0.15) is 21.5 Å². The van der Waals surface area contributed by atoms with E-state index in [1.54, 1.807) is 18.2 Å². The number of aromatic nitrogens is 1. The quantitative estimate of drug-likeness (QED) is 0.288. The SMILES string of the molecule is Cc1ccccc1-c1cc(C(=O)N/N=C\c2ccc([N+](=O)[O-])cc2)c2ccccc2n1. The van der Waals surface area contributed by atoms with E-state index >= 15 is 0 Å². The van der Waals surface area contributed by atoms with Gasteiger partial charge in [0.15, 0.2) is 0 Å². The maximum absolute atomic E-state index is 12.9. The lowest BCUT2D eigenvalue weighted by Gasteiger charge is -2.10. The van der Waals surface area contributed by atoms with E-state index in [9.17, 15) is 14.9 Å². The molecule has 0 saturated heterocycles. The fraction of sp³-hybridized carbons (Fsp3) is 0.0417. The molecule has 1 heterocycles. The molecule has 3 aromatic carbocycles. The summed E-state index contributed by atoms with van der Waals surface area (Å²) < 4.78 is 0. The maximum atomic E-state index is 12.9. The number of aryl methyl sites for hydroxylation is 1. The molecule has 1 amide bonds. The van der Waals surface area contributed by atoms with E-state index in [0.29, 0.717) is 22.3 Å². The van der Waals surface area contributed by atoms with Crippen molar-refractivity contribution in [3.63, 3.8) is 0 Å². The van der Waals surface area contributed by atoms with Crippen LogP contribution in [0.25, 0.3) is 22.2 Å². The fourth-order valence-corrected chi connectivity index (χ4v) is 3.27. The lowest BCUT2D eigenvalue weighted by atomic mass is 10.0. The minimum atomic E-state index is -0.469. The standard InChI is InChI=1S/C24H18N4O3/c1-16-6-2-3-7-19(16)23-14-21(20-8-4-5-9-22(20)26-23)24(29)27-25-15-17-10-12-18(13-11-17)28(30)31/h2-15H,1H3,(H,27,29)/b25-15-. The van der Waals surface area contributed by atoms with E-state index in [1.165, 1.54) is 18.3 Å². The Morgan fingerprint density at radius 1 is 1.03 bits per heavy atom. The van der Waals surface area contributed by atoms with E-state index in [0.717, 1.165) is 16.5 Å². The molecule has 0 radical (unpaired) electrons. The molecule has 4 rings (SSSR count). The van der Waals surface area contributed by atoms with Crippen molar-refractivity contribution in [1.29, 1.82) is 0 Å². The first-order valence-corrected chi connectivity index (χ1v) is 9.56. The second-order valence-electron chi connectivity index (χ2n) is 6.93. The molecule has 1 aromatic heterocycles. The average molecular weight is 410 g/mol. The number of non-ortho nitro benzene ring substituents is 1. The zero-order chi connectivity index (χ0) is 21.8. The Bertz CT molecular complexity index is 1310. The van der Waals surface area contributed by atoms with Gasteiger partial charge in [0.05, 0.1) is 27.9 Å². The smallest absolute Gasteiger partial charge is 0.267 e. The fourth-order valence-electron chi connectivity index (χ4n) is 3.27. The van der Waals surface area contributed by atoms with E-state index in [2.05, 4.69) is 10.5 Å². The third-order valence-corrected chi connectivity index (χ3v) is 4.87. The van der Waals surface area contributed by atoms with E-state index in [4.69, 9.17) is 4.98 Å². The van der Waals surface area contributed by atoms with E-state index < -0.39 is 4.92 Å². The van der Waals surface area contributed by atoms with Crippen molar-refractivity contribution in [2.45, 2.75) is 6.92 Å². The number of benzene rings is 3. The highest BCUT2D eigenvalue weighted by Crippen LogP contribution is 2.27. The third-order valence-electron chi connectivity index (χ3n) is 4.87. The molecular formula is C24H18N4O3. The lowest BCUT2D eigenvalue weighted by molar-refractivity contribution is -0.384. The predicted octanol–water partition coefficient (Wildman–Crippen LogP) is 4.88. The van der Waals surface area contributed by atoms with Crippen molar-refractivity contribution in [3.8, 4) is 11.3 Å². The van der Waals surface area contributed by atoms with Crippen molar-refractivity contribution in [3.05, 3.63) is 106 Å². The molecule has 1 N–H and O–H groups in total. The Morgan fingerprint density at radius 3 is 2.48 bits per heavy atom. The number of hydrogen-bond donors (Lipinski definition) is 1. The zero-order valence-corrected chi connectivity index (χ0v) is 16.6. The summed E-state index contributed by atoms with van der Waals surface area (Å²) in [4.78, 5) is 27.9. The van der Waals surface area contributed by atoms with Crippen molar-refractivity contribution in [1.82, 2.24) is 10.4 Å². The van der Waals surface area contributed by atoms with Crippen molar-refractivity contribution >= 4 is 28.7 Å². The number of hydrogen-bond acceptors (Lipinski definition) is 5. The Balaban J connectivity index is 1.64. The van der Waals surface area contributed by atoms with Gasteiger partial charge in [-0.15, -0.1) is 0 Å². The number of hydrazone groups is 1. The second-order valence-corrected chi connectivity index (χ2v) is 6.93. The predicted molar refractivity (Wildman–Crippen MR) is 120 cm³/mol. The molecule has 0 unspecified atom stereocenters. The summed E-state index contributed by atoms with van der Waals surface area (Å²) in [6.45, 7) is 2.00. The summed E-state index contributed by atoms with van der Waals surface area (Å²) in [7, 11) is 0. The molecule has 0 aliphatic heterocycles. The number of carbonyl (C=O) groups is 1. The Hall–Kier alpha value is -4.39. The molecule has 4 aromatic rings. The minimum absolute atomic E-state index is 0.00632. The van der Waals surface area contributed by atoms with Gasteiger partial charge in [0.2, 0.25) is 0 Å². The highest BCUT2D eigenvalue weighted by atomic mass is 16.6. The van der Waals surface area contributed by atoms with Gasteiger partial charge in [-0.05, 0) is 42.3 Å². The first-order chi connectivity index (χ1) is 15.0. The molecule has 0 aliphatic rings. The van der Waals surface area contributed by atoms with Crippen molar-refractivity contribution in [2.75, 3.05) is 0 Å². The number of nitrogens with zero attached hydrogens (tertiary/aromatic N) is 3. The molecule has 0 bridgehead atoms. The highest BCUT2D eigenvalue weighted by Gasteiger charge is 2.14. The monoisotopic (exact) mass is 410 g/mol. The van der Waals surface area contributed by atoms with Gasteiger partial charge in [0.25, 0.3) is 11.6 Å². The largest absolute Gasteiger partial charge is 0.272 e. The van der Waals surface area contributed by atoms with Crippen LogP contribution in [0.15, 0.2) is 84.0 Å². The molecule has 7 heteroatoms. The topological polar surface area (TPSA) is 97.5 Å². The molecule has 0 fully saturated rings. The first-order valence-electron chi connectivity index (χ1n) is 9.56. The number of nitro groups is 1. The number of nitrogens with one attached hydrogen (secondary N) is 1. The summed E-state index contributed by atoms with van der Waals surface area (Å²) >= 11 is 0. The Kier molecular flexibility index (Phi) is 5.49. The van der Waals surface area contributed by atoms with Crippen LogP contribution in [0.4, 0.5) is 5.69 Å². The molecule has 0 spiro atoms. The van der Waals surface area contributed by atoms with Crippen LogP contribution in [0, 0.1) is 17.0 Å².